The molecule has 0 aliphatic heterocycles. The number of hydrogen-bond donors (Lipinski definition) is 2. The van der Waals surface area contributed by atoms with Crippen LogP contribution in [0.2, 0.25) is 0 Å². The topological polar surface area (TPSA) is 66.4 Å². The lowest BCUT2D eigenvalue weighted by Crippen LogP contribution is -2.32. The van der Waals surface area contributed by atoms with E-state index in [1.807, 2.05) is 6.92 Å². The van der Waals surface area contributed by atoms with E-state index in [-0.39, 0.29) is 23.8 Å². The molecule has 102 valence electrons. The first-order valence-corrected chi connectivity index (χ1v) is 6.13. The van der Waals surface area contributed by atoms with E-state index < -0.39 is 5.97 Å². The van der Waals surface area contributed by atoms with E-state index in [4.69, 9.17) is 5.11 Å². The van der Waals surface area contributed by atoms with Crippen molar-refractivity contribution in [3.63, 3.8) is 0 Å². The van der Waals surface area contributed by atoms with Crippen molar-refractivity contribution in [3.05, 3.63) is 0 Å². The Morgan fingerprint density at radius 1 is 1.24 bits per heavy atom. The molecule has 0 rings (SSSR count). The van der Waals surface area contributed by atoms with Gasteiger partial charge in [0, 0.05) is 6.42 Å². The van der Waals surface area contributed by atoms with Crippen LogP contribution >= 0.6 is 0 Å². The van der Waals surface area contributed by atoms with Gasteiger partial charge in [0.25, 0.3) is 0 Å². The van der Waals surface area contributed by atoms with Crippen LogP contribution in [0.1, 0.15) is 54.4 Å². The van der Waals surface area contributed by atoms with Crippen molar-refractivity contribution in [1.82, 2.24) is 5.32 Å². The molecule has 0 radical (unpaired) electrons. The number of hydrogen-bond acceptors (Lipinski definition) is 2. The van der Waals surface area contributed by atoms with E-state index in [0.717, 1.165) is 0 Å². The number of carboxylic acids is 1. The normalized spacial score (nSPS) is 12.1. The third-order valence-electron chi connectivity index (χ3n) is 2.41. The fourth-order valence-corrected chi connectivity index (χ4v) is 0.831. The Bertz CT molecular complexity index is 231. The van der Waals surface area contributed by atoms with Crippen LogP contribution in [0.5, 0.6) is 0 Å². The van der Waals surface area contributed by atoms with Gasteiger partial charge in [0.05, 0.1) is 0 Å². The average molecular weight is 245 g/mol. The van der Waals surface area contributed by atoms with Gasteiger partial charge >= 0.3 is 5.97 Å². The van der Waals surface area contributed by atoms with Crippen LogP contribution in [0.4, 0.5) is 0 Å². The lowest BCUT2D eigenvalue weighted by Gasteiger charge is -2.26. The van der Waals surface area contributed by atoms with Crippen molar-refractivity contribution in [2.75, 3.05) is 6.54 Å². The second-order valence-corrected chi connectivity index (χ2v) is 5.35. The molecule has 0 spiro atoms. The van der Waals surface area contributed by atoms with E-state index in [0.29, 0.717) is 6.42 Å². The summed E-state index contributed by atoms with van der Waals surface area (Å²) in [7, 11) is 0. The zero-order valence-corrected chi connectivity index (χ0v) is 12.0. The van der Waals surface area contributed by atoms with Crippen molar-refractivity contribution in [2.24, 2.45) is 11.3 Å². The highest BCUT2D eigenvalue weighted by molar-refractivity contribution is 5.81. The van der Waals surface area contributed by atoms with E-state index in [9.17, 15) is 9.59 Å². The van der Waals surface area contributed by atoms with Crippen LogP contribution in [0, 0.1) is 11.3 Å². The number of carbonyl (C=O) groups excluding carboxylic acids is 1. The highest BCUT2D eigenvalue weighted by Gasteiger charge is 2.22. The van der Waals surface area contributed by atoms with Gasteiger partial charge in [-0.15, -0.1) is 0 Å². The Kier molecular flexibility index (Phi) is 9.72. The summed E-state index contributed by atoms with van der Waals surface area (Å²) in [6.07, 6.45) is 1.62. The zero-order chi connectivity index (χ0) is 14.1. The molecular weight excluding hydrogens is 218 g/mol. The molecule has 1 atom stereocenters. The van der Waals surface area contributed by atoms with E-state index in [2.05, 4.69) is 39.9 Å². The molecular formula is C13H27NO3. The maximum Gasteiger partial charge on any atom is 0.322 e. The molecule has 0 bridgehead atoms. The fraction of sp³-hybridized carbons (Fsp3) is 0.846. The number of carbonyl (C=O) groups is 2. The second-order valence-electron chi connectivity index (χ2n) is 5.35. The predicted octanol–water partition coefficient (Wildman–Crippen LogP) is 2.68. The summed E-state index contributed by atoms with van der Waals surface area (Å²) >= 11 is 0. The van der Waals surface area contributed by atoms with E-state index in [1.165, 1.54) is 6.42 Å². The Hall–Kier alpha value is -1.06. The Morgan fingerprint density at radius 2 is 1.65 bits per heavy atom. The van der Waals surface area contributed by atoms with Crippen LogP contribution in [0.3, 0.4) is 0 Å². The number of nitrogens with one attached hydrogen (secondary N) is 1. The van der Waals surface area contributed by atoms with Gasteiger partial charge < -0.3 is 10.4 Å². The molecule has 0 aliphatic carbocycles. The quantitative estimate of drug-likeness (QED) is 0.800. The van der Waals surface area contributed by atoms with Gasteiger partial charge in [-0.05, 0) is 11.3 Å². The SMILES string of the molecule is CC(CC(=O)NCC(=O)O)C(C)(C)C.CCC. The van der Waals surface area contributed by atoms with Gasteiger partial charge in [-0.2, -0.15) is 0 Å². The smallest absolute Gasteiger partial charge is 0.322 e. The van der Waals surface area contributed by atoms with Crippen LogP contribution < -0.4 is 5.32 Å². The number of aliphatic carboxylic acids is 1. The molecule has 0 heterocycles. The summed E-state index contributed by atoms with van der Waals surface area (Å²) in [5.41, 5.74) is 0.0700. The van der Waals surface area contributed by atoms with Crippen LogP contribution in [-0.4, -0.2) is 23.5 Å². The van der Waals surface area contributed by atoms with Gasteiger partial charge in [0.1, 0.15) is 6.54 Å². The fourth-order valence-electron chi connectivity index (χ4n) is 0.831. The Morgan fingerprint density at radius 3 is 1.94 bits per heavy atom. The summed E-state index contributed by atoms with van der Waals surface area (Å²) < 4.78 is 0. The summed E-state index contributed by atoms with van der Waals surface area (Å²) in [5, 5.41) is 10.7. The third kappa shape index (κ3) is 12.9. The highest BCUT2D eigenvalue weighted by atomic mass is 16.4. The lowest BCUT2D eigenvalue weighted by atomic mass is 9.80. The standard InChI is InChI=1S/C10H19NO3.C3H8/c1-7(10(2,3)4)5-8(12)11-6-9(13)14;1-3-2/h7H,5-6H2,1-4H3,(H,11,12)(H,13,14);3H2,1-2H3. The van der Waals surface area contributed by atoms with Crippen molar-refractivity contribution in [1.29, 1.82) is 0 Å². The van der Waals surface area contributed by atoms with Crippen LogP contribution in [0.15, 0.2) is 0 Å². The van der Waals surface area contributed by atoms with Crippen molar-refractivity contribution < 1.29 is 14.7 Å². The van der Waals surface area contributed by atoms with Gasteiger partial charge in [-0.25, -0.2) is 0 Å². The van der Waals surface area contributed by atoms with Gasteiger partial charge in [0.2, 0.25) is 5.91 Å². The molecule has 0 saturated carbocycles. The number of carboxylic acid groups (broad SMARTS) is 1. The first-order valence-electron chi connectivity index (χ1n) is 6.13. The Labute approximate surface area is 105 Å². The molecule has 0 saturated heterocycles. The van der Waals surface area contributed by atoms with Gasteiger partial charge in [-0.1, -0.05) is 48.0 Å². The maximum atomic E-state index is 11.2. The van der Waals surface area contributed by atoms with Crippen LogP contribution in [0.25, 0.3) is 0 Å². The minimum atomic E-state index is -1.01. The minimum Gasteiger partial charge on any atom is -0.480 e. The van der Waals surface area contributed by atoms with Crippen LogP contribution in [-0.2, 0) is 9.59 Å². The summed E-state index contributed by atoms with van der Waals surface area (Å²) in [6, 6.07) is 0. The lowest BCUT2D eigenvalue weighted by molar-refractivity contribution is -0.138. The summed E-state index contributed by atoms with van der Waals surface area (Å²) in [5.74, 6) is -0.979. The molecule has 0 aromatic carbocycles. The molecule has 0 aliphatic rings. The van der Waals surface area contributed by atoms with Gasteiger partial charge in [0.15, 0.2) is 0 Å². The Balaban J connectivity index is 0. The first-order chi connectivity index (χ1) is 7.65. The maximum absolute atomic E-state index is 11.2. The van der Waals surface area contributed by atoms with Crippen molar-refractivity contribution >= 4 is 11.9 Å². The number of amides is 1. The molecule has 0 fully saturated rings. The van der Waals surface area contributed by atoms with Gasteiger partial charge in [-0.3, -0.25) is 9.59 Å². The summed E-state index contributed by atoms with van der Waals surface area (Å²) in [6.45, 7) is 12.1. The molecule has 0 aromatic rings. The highest BCUT2D eigenvalue weighted by Crippen LogP contribution is 2.27. The average Bonchev–Trinajstić information content (AvgIpc) is 2.14. The monoisotopic (exact) mass is 245 g/mol. The molecule has 1 unspecified atom stereocenters. The van der Waals surface area contributed by atoms with E-state index >= 15 is 0 Å². The van der Waals surface area contributed by atoms with Crippen molar-refractivity contribution in [3.8, 4) is 0 Å². The third-order valence-corrected chi connectivity index (χ3v) is 2.41. The molecule has 4 nitrogen and oxygen atoms in total. The second kappa shape index (κ2) is 9.02. The van der Waals surface area contributed by atoms with E-state index in [1.54, 1.807) is 0 Å². The molecule has 4 heteroatoms. The molecule has 1 amide bonds. The zero-order valence-electron chi connectivity index (χ0n) is 12.0. The molecule has 2 N–H and O–H groups in total. The molecule has 0 aromatic heterocycles. The van der Waals surface area contributed by atoms with Crippen molar-refractivity contribution in [2.45, 2.75) is 54.4 Å². The summed E-state index contributed by atoms with van der Waals surface area (Å²) in [4.78, 5) is 21.4. The number of rotatable bonds is 4. The predicted molar refractivity (Wildman–Crippen MR) is 69.8 cm³/mol. The minimum absolute atomic E-state index is 0.0700. The molecule has 17 heavy (non-hydrogen) atoms. The first kappa shape index (κ1) is 18.3. The largest absolute Gasteiger partial charge is 0.480 e.